The molecule has 1 amide bonds. The number of anilines is 2. The van der Waals surface area contributed by atoms with Gasteiger partial charge in [-0.25, -0.2) is 4.39 Å². The number of furan rings is 1. The second kappa shape index (κ2) is 7.54. The molecule has 1 aliphatic carbocycles. The Bertz CT molecular complexity index is 1180. The Labute approximate surface area is 179 Å². The van der Waals surface area contributed by atoms with E-state index in [1.54, 1.807) is 17.0 Å². The molecule has 2 atom stereocenters. The van der Waals surface area contributed by atoms with E-state index in [0.29, 0.717) is 35.4 Å². The van der Waals surface area contributed by atoms with E-state index < -0.39 is 11.9 Å². The molecule has 2 aromatic carbocycles. The van der Waals surface area contributed by atoms with Crippen molar-refractivity contribution in [1.82, 2.24) is 0 Å². The van der Waals surface area contributed by atoms with Crippen LogP contribution in [0.2, 0.25) is 0 Å². The Kier molecular flexibility index (Phi) is 4.70. The summed E-state index contributed by atoms with van der Waals surface area (Å²) < 4.78 is 19.2. The zero-order valence-electron chi connectivity index (χ0n) is 17.0. The highest BCUT2D eigenvalue weighted by Crippen LogP contribution is 2.46. The van der Waals surface area contributed by atoms with Crippen LogP contribution in [0.25, 0.3) is 0 Å². The average molecular weight is 416 g/mol. The number of carbonyl (C=O) groups excluding carboxylic acids is 2. The fourth-order valence-corrected chi connectivity index (χ4v) is 4.46. The van der Waals surface area contributed by atoms with Gasteiger partial charge >= 0.3 is 0 Å². The van der Waals surface area contributed by atoms with Crippen LogP contribution in [0, 0.1) is 11.7 Å². The van der Waals surface area contributed by atoms with E-state index in [0.717, 1.165) is 11.4 Å². The number of hydrogen-bond donors (Lipinski definition) is 1. The fourth-order valence-electron chi connectivity index (χ4n) is 4.46. The molecular weight excluding hydrogens is 395 g/mol. The Morgan fingerprint density at radius 2 is 1.84 bits per heavy atom. The highest BCUT2D eigenvalue weighted by Gasteiger charge is 2.42. The molecule has 1 N–H and O–H groups in total. The highest BCUT2D eigenvalue weighted by atomic mass is 19.1. The van der Waals surface area contributed by atoms with E-state index in [2.05, 4.69) is 5.32 Å². The van der Waals surface area contributed by atoms with Crippen LogP contribution < -0.4 is 10.2 Å². The highest BCUT2D eigenvalue weighted by molar-refractivity contribution is 6.11. The summed E-state index contributed by atoms with van der Waals surface area (Å²) in [4.78, 5) is 28.6. The number of allylic oxidation sites excluding steroid dienone is 1. The third kappa shape index (κ3) is 3.34. The minimum absolute atomic E-state index is 0.00707. The number of hydrogen-bond acceptors (Lipinski definition) is 4. The van der Waals surface area contributed by atoms with E-state index in [1.165, 1.54) is 30.5 Å². The first-order chi connectivity index (χ1) is 15.0. The van der Waals surface area contributed by atoms with Crippen LogP contribution in [-0.4, -0.2) is 11.7 Å². The predicted molar refractivity (Wildman–Crippen MR) is 115 cm³/mol. The normalized spacial score (nSPS) is 20.6. The molecule has 2 heterocycles. The van der Waals surface area contributed by atoms with Gasteiger partial charge in [0, 0.05) is 23.3 Å². The summed E-state index contributed by atoms with van der Waals surface area (Å²) in [5.41, 5.74) is 3.05. The number of Topliss-reactive ketones (excluding diaryl/α,β-unsaturated/α-hetero) is 1. The maximum atomic E-state index is 13.8. The SMILES string of the molecule is C[C@@H]1CC(=O)C2=C(C1)Nc1ccccc1N(C(=O)c1ccc(F)cc1)[C@@H]2c1ccco1. The van der Waals surface area contributed by atoms with Gasteiger partial charge in [-0.1, -0.05) is 19.1 Å². The monoisotopic (exact) mass is 416 g/mol. The molecule has 6 heteroatoms. The van der Waals surface area contributed by atoms with Gasteiger partial charge in [-0.05, 0) is 60.9 Å². The Hall–Kier alpha value is -3.67. The molecule has 0 saturated heterocycles. The predicted octanol–water partition coefficient (Wildman–Crippen LogP) is 5.49. The molecule has 31 heavy (non-hydrogen) atoms. The van der Waals surface area contributed by atoms with Crippen LogP contribution in [0.3, 0.4) is 0 Å². The molecule has 0 bridgehead atoms. The van der Waals surface area contributed by atoms with Gasteiger partial charge < -0.3 is 9.73 Å². The smallest absolute Gasteiger partial charge is 0.259 e. The molecule has 156 valence electrons. The average Bonchev–Trinajstić information content (AvgIpc) is 3.23. The number of nitrogens with one attached hydrogen (secondary N) is 1. The second-order valence-corrected chi connectivity index (χ2v) is 8.07. The number of halogens is 1. The zero-order valence-corrected chi connectivity index (χ0v) is 17.0. The number of carbonyl (C=O) groups is 2. The quantitative estimate of drug-likeness (QED) is 0.600. The van der Waals surface area contributed by atoms with Crippen molar-refractivity contribution in [2.45, 2.75) is 25.8 Å². The molecule has 1 aliphatic heterocycles. The number of rotatable bonds is 2. The maximum Gasteiger partial charge on any atom is 0.259 e. The van der Waals surface area contributed by atoms with Crippen LogP contribution in [0.4, 0.5) is 15.8 Å². The molecule has 0 fully saturated rings. The van der Waals surface area contributed by atoms with Gasteiger partial charge in [0.25, 0.3) is 5.91 Å². The van der Waals surface area contributed by atoms with Crippen molar-refractivity contribution in [1.29, 1.82) is 0 Å². The van der Waals surface area contributed by atoms with Crippen molar-refractivity contribution >= 4 is 23.1 Å². The first-order valence-corrected chi connectivity index (χ1v) is 10.3. The number of amides is 1. The molecule has 5 rings (SSSR count). The zero-order chi connectivity index (χ0) is 21.5. The maximum absolute atomic E-state index is 13.8. The minimum Gasteiger partial charge on any atom is -0.467 e. The van der Waals surface area contributed by atoms with Crippen molar-refractivity contribution in [3.8, 4) is 0 Å². The van der Waals surface area contributed by atoms with Crippen molar-refractivity contribution < 1.29 is 18.4 Å². The lowest BCUT2D eigenvalue weighted by atomic mass is 9.83. The molecule has 1 aromatic heterocycles. The second-order valence-electron chi connectivity index (χ2n) is 8.07. The molecule has 0 radical (unpaired) electrons. The lowest BCUT2D eigenvalue weighted by Crippen LogP contribution is -2.38. The van der Waals surface area contributed by atoms with Crippen molar-refractivity contribution in [3.05, 3.63) is 95.3 Å². The molecule has 0 saturated carbocycles. The van der Waals surface area contributed by atoms with E-state index in [-0.39, 0.29) is 17.6 Å². The number of ketones is 1. The van der Waals surface area contributed by atoms with Gasteiger partial charge in [0.1, 0.15) is 17.6 Å². The van der Waals surface area contributed by atoms with Gasteiger partial charge in [-0.2, -0.15) is 0 Å². The van der Waals surface area contributed by atoms with Crippen molar-refractivity contribution in [2.24, 2.45) is 5.92 Å². The van der Waals surface area contributed by atoms with Gasteiger partial charge in [0.05, 0.1) is 17.6 Å². The third-order valence-electron chi connectivity index (χ3n) is 5.82. The standard InChI is InChI=1S/C25H21FN2O3/c1-15-13-19-23(21(29)14-15)24(22-7-4-12-31-22)28(20-6-3-2-5-18(20)27-19)25(30)16-8-10-17(26)11-9-16/h2-12,15,24,27H,13-14H2,1H3/t15-,24+/m0/s1. The number of benzene rings is 2. The summed E-state index contributed by atoms with van der Waals surface area (Å²) in [5.74, 6) is -0.0615. The molecule has 5 nitrogen and oxygen atoms in total. The van der Waals surface area contributed by atoms with Gasteiger partial charge in [-0.3, -0.25) is 14.5 Å². The van der Waals surface area contributed by atoms with Gasteiger partial charge in [0.2, 0.25) is 0 Å². The van der Waals surface area contributed by atoms with Crippen LogP contribution in [-0.2, 0) is 4.79 Å². The first kappa shape index (κ1) is 19.3. The summed E-state index contributed by atoms with van der Waals surface area (Å²) in [6, 6.07) is 15.7. The van der Waals surface area contributed by atoms with Crippen LogP contribution in [0.5, 0.6) is 0 Å². The first-order valence-electron chi connectivity index (χ1n) is 10.3. The molecule has 0 spiro atoms. The van der Waals surface area contributed by atoms with Crippen LogP contribution in [0.15, 0.2) is 82.6 Å². The van der Waals surface area contributed by atoms with Crippen molar-refractivity contribution in [2.75, 3.05) is 10.2 Å². The van der Waals surface area contributed by atoms with Gasteiger partial charge in [-0.15, -0.1) is 0 Å². The Balaban J connectivity index is 1.76. The number of fused-ring (bicyclic) bond motifs is 1. The topological polar surface area (TPSA) is 62.6 Å². The summed E-state index contributed by atoms with van der Waals surface area (Å²) in [7, 11) is 0. The Morgan fingerprint density at radius 3 is 2.58 bits per heavy atom. The van der Waals surface area contributed by atoms with E-state index in [1.807, 2.05) is 31.2 Å². The molecule has 3 aromatic rings. The third-order valence-corrected chi connectivity index (χ3v) is 5.82. The summed E-state index contributed by atoms with van der Waals surface area (Å²) in [5, 5.41) is 3.42. The summed E-state index contributed by atoms with van der Waals surface area (Å²) in [6.45, 7) is 2.05. The lowest BCUT2D eigenvalue weighted by Gasteiger charge is -2.33. The van der Waals surface area contributed by atoms with Crippen molar-refractivity contribution in [3.63, 3.8) is 0 Å². The Morgan fingerprint density at radius 1 is 1.06 bits per heavy atom. The molecule has 0 unspecified atom stereocenters. The lowest BCUT2D eigenvalue weighted by molar-refractivity contribution is -0.117. The van der Waals surface area contributed by atoms with Gasteiger partial charge in [0.15, 0.2) is 5.78 Å². The summed E-state index contributed by atoms with van der Waals surface area (Å²) >= 11 is 0. The number of para-hydroxylation sites is 2. The largest absolute Gasteiger partial charge is 0.467 e. The van der Waals surface area contributed by atoms with E-state index in [9.17, 15) is 14.0 Å². The van der Waals surface area contributed by atoms with Crippen LogP contribution >= 0.6 is 0 Å². The number of nitrogens with zero attached hydrogens (tertiary/aromatic N) is 1. The van der Waals surface area contributed by atoms with E-state index in [4.69, 9.17) is 4.42 Å². The fraction of sp³-hybridized carbons (Fsp3) is 0.200. The summed E-state index contributed by atoms with van der Waals surface area (Å²) in [6.07, 6.45) is 2.65. The molecule has 2 aliphatic rings. The van der Waals surface area contributed by atoms with Crippen LogP contribution in [0.1, 0.15) is 41.9 Å². The minimum atomic E-state index is -0.723. The molecular formula is C25H21FN2O3. The van der Waals surface area contributed by atoms with E-state index >= 15 is 0 Å².